The summed E-state index contributed by atoms with van der Waals surface area (Å²) in [7, 11) is 1.75. The highest BCUT2D eigenvalue weighted by Crippen LogP contribution is 2.17. The van der Waals surface area contributed by atoms with Gasteiger partial charge in [-0.3, -0.25) is 0 Å². The molecule has 0 bridgehead atoms. The zero-order chi connectivity index (χ0) is 12.1. The Morgan fingerprint density at radius 1 is 1.06 bits per heavy atom. The lowest BCUT2D eigenvalue weighted by molar-refractivity contribution is 0.330. The highest BCUT2D eigenvalue weighted by molar-refractivity contribution is 4.97. The highest BCUT2D eigenvalue weighted by Gasteiger charge is 1.98. The minimum absolute atomic E-state index is 1.15. The van der Waals surface area contributed by atoms with Crippen molar-refractivity contribution in [1.29, 1.82) is 0 Å². The van der Waals surface area contributed by atoms with E-state index < -0.39 is 0 Å². The van der Waals surface area contributed by atoms with Crippen LogP contribution in [0, 0.1) is 0 Å². The smallest absolute Gasteiger partial charge is 0.0816 e. The van der Waals surface area contributed by atoms with Crippen LogP contribution in [0.5, 0.6) is 0 Å². The second kappa shape index (κ2) is 12.4. The highest BCUT2D eigenvalue weighted by atomic mass is 16.5. The monoisotopic (exact) mass is 224 g/mol. The van der Waals surface area contributed by atoms with E-state index in [1.807, 2.05) is 12.3 Å². The fourth-order valence-electron chi connectivity index (χ4n) is 1.83. The van der Waals surface area contributed by atoms with Crippen LogP contribution < -0.4 is 0 Å². The molecule has 0 radical (unpaired) electrons. The molecule has 0 saturated heterocycles. The van der Waals surface area contributed by atoms with E-state index in [0.29, 0.717) is 0 Å². The van der Waals surface area contributed by atoms with Gasteiger partial charge in [0.05, 0.1) is 13.4 Å². The summed E-state index contributed by atoms with van der Waals surface area (Å²) in [5.74, 6) is 0. The van der Waals surface area contributed by atoms with Crippen molar-refractivity contribution in [3.05, 3.63) is 24.5 Å². The molecule has 0 atom stereocenters. The predicted molar refractivity (Wildman–Crippen MR) is 72.5 cm³/mol. The van der Waals surface area contributed by atoms with E-state index in [1.165, 1.54) is 56.9 Å². The molecule has 94 valence electrons. The Morgan fingerprint density at radius 3 is 2.31 bits per heavy atom. The van der Waals surface area contributed by atoms with Gasteiger partial charge in [0.25, 0.3) is 0 Å². The Labute approximate surface area is 102 Å². The molecule has 0 aliphatic heterocycles. The molecule has 0 amide bonds. The van der Waals surface area contributed by atoms with E-state index in [-0.39, 0.29) is 0 Å². The largest absolute Gasteiger partial charge is 0.504 e. The van der Waals surface area contributed by atoms with Crippen LogP contribution in [0.4, 0.5) is 0 Å². The quantitative estimate of drug-likeness (QED) is 0.265. The zero-order valence-electron chi connectivity index (χ0n) is 11.1. The van der Waals surface area contributed by atoms with Crippen molar-refractivity contribution in [3.63, 3.8) is 0 Å². The number of rotatable bonds is 11. The van der Waals surface area contributed by atoms with Crippen molar-refractivity contribution in [2.45, 2.75) is 64.7 Å². The lowest BCUT2D eigenvalue weighted by Crippen LogP contribution is -1.88. The van der Waals surface area contributed by atoms with Crippen molar-refractivity contribution < 1.29 is 4.74 Å². The Morgan fingerprint density at radius 2 is 1.75 bits per heavy atom. The van der Waals surface area contributed by atoms with Crippen molar-refractivity contribution in [2.75, 3.05) is 7.11 Å². The van der Waals surface area contributed by atoms with E-state index in [4.69, 9.17) is 4.74 Å². The van der Waals surface area contributed by atoms with Gasteiger partial charge in [-0.2, -0.15) is 0 Å². The van der Waals surface area contributed by atoms with Gasteiger partial charge < -0.3 is 4.74 Å². The van der Waals surface area contributed by atoms with Gasteiger partial charge in [-0.15, -0.1) is 6.58 Å². The van der Waals surface area contributed by atoms with Crippen LogP contribution in [0.15, 0.2) is 24.5 Å². The molecule has 0 aromatic rings. The van der Waals surface area contributed by atoms with E-state index in [2.05, 4.69) is 13.5 Å². The number of hydrogen-bond acceptors (Lipinski definition) is 1. The SMILES string of the molecule is C=CCCCCC/C(=C/OC)CCCCC. The maximum Gasteiger partial charge on any atom is 0.0816 e. The molecule has 0 aliphatic rings. The normalized spacial score (nSPS) is 11.5. The Bertz CT molecular complexity index is 182. The summed E-state index contributed by atoms with van der Waals surface area (Å²) in [6, 6.07) is 0. The molecule has 0 aromatic carbocycles. The topological polar surface area (TPSA) is 9.23 Å². The molecule has 0 aliphatic carbocycles. The third kappa shape index (κ3) is 9.82. The molecule has 0 spiro atoms. The van der Waals surface area contributed by atoms with Gasteiger partial charge >= 0.3 is 0 Å². The van der Waals surface area contributed by atoms with E-state index in [1.54, 1.807) is 7.11 Å². The maximum absolute atomic E-state index is 5.13. The number of hydrogen-bond donors (Lipinski definition) is 0. The van der Waals surface area contributed by atoms with Gasteiger partial charge in [-0.05, 0) is 44.1 Å². The molecule has 16 heavy (non-hydrogen) atoms. The number of allylic oxidation sites excluding steroid dienone is 2. The summed E-state index contributed by atoms with van der Waals surface area (Å²) in [5.41, 5.74) is 1.48. The average Bonchev–Trinajstić information content (AvgIpc) is 2.29. The Kier molecular flexibility index (Phi) is 11.8. The standard InChI is InChI=1S/C15H28O/c1-4-6-8-9-11-13-15(14-16-3)12-10-7-5-2/h4,14H,1,5-13H2,2-3H3/b15-14+. The third-order valence-electron chi connectivity index (χ3n) is 2.79. The molecule has 0 unspecified atom stereocenters. The zero-order valence-corrected chi connectivity index (χ0v) is 11.1. The molecule has 0 aromatic heterocycles. The Balaban J connectivity index is 3.60. The fraction of sp³-hybridized carbons (Fsp3) is 0.733. The van der Waals surface area contributed by atoms with Crippen LogP contribution in [0.25, 0.3) is 0 Å². The van der Waals surface area contributed by atoms with Crippen LogP contribution in [0.2, 0.25) is 0 Å². The first-order valence-corrected chi connectivity index (χ1v) is 6.66. The van der Waals surface area contributed by atoms with Gasteiger partial charge in [-0.25, -0.2) is 0 Å². The molecule has 0 fully saturated rings. The average molecular weight is 224 g/mol. The minimum atomic E-state index is 1.15. The second-order valence-corrected chi connectivity index (χ2v) is 4.36. The van der Waals surface area contributed by atoms with Gasteiger partial charge in [-0.1, -0.05) is 32.3 Å². The first-order valence-electron chi connectivity index (χ1n) is 6.66. The summed E-state index contributed by atoms with van der Waals surface area (Å²) in [4.78, 5) is 0. The summed E-state index contributed by atoms with van der Waals surface area (Å²) in [6.45, 7) is 5.99. The molecule has 0 rings (SSSR count). The molecule has 0 saturated carbocycles. The van der Waals surface area contributed by atoms with Crippen LogP contribution in [-0.4, -0.2) is 7.11 Å². The van der Waals surface area contributed by atoms with Crippen LogP contribution in [0.1, 0.15) is 64.7 Å². The molecule has 0 N–H and O–H groups in total. The first kappa shape index (κ1) is 15.3. The van der Waals surface area contributed by atoms with Crippen molar-refractivity contribution >= 4 is 0 Å². The molecular weight excluding hydrogens is 196 g/mol. The van der Waals surface area contributed by atoms with Crippen LogP contribution in [-0.2, 0) is 4.74 Å². The van der Waals surface area contributed by atoms with Crippen LogP contribution in [0.3, 0.4) is 0 Å². The summed E-state index contributed by atoms with van der Waals surface area (Å²) >= 11 is 0. The van der Waals surface area contributed by atoms with Crippen molar-refractivity contribution in [2.24, 2.45) is 0 Å². The lowest BCUT2D eigenvalue weighted by Gasteiger charge is -2.06. The first-order chi connectivity index (χ1) is 7.85. The van der Waals surface area contributed by atoms with Gasteiger partial charge in [0.1, 0.15) is 0 Å². The number of unbranched alkanes of at least 4 members (excludes halogenated alkanes) is 5. The summed E-state index contributed by atoms with van der Waals surface area (Å²) in [6.07, 6.45) is 15.3. The number of methoxy groups -OCH3 is 1. The molecule has 0 heterocycles. The number of ether oxygens (including phenoxy) is 1. The minimum Gasteiger partial charge on any atom is -0.504 e. The predicted octanol–water partition coefficient (Wildman–Crippen LogP) is 5.23. The second-order valence-electron chi connectivity index (χ2n) is 4.36. The van der Waals surface area contributed by atoms with E-state index in [9.17, 15) is 0 Å². The summed E-state index contributed by atoms with van der Waals surface area (Å²) in [5, 5.41) is 0. The van der Waals surface area contributed by atoms with Gasteiger partial charge in [0.15, 0.2) is 0 Å². The van der Waals surface area contributed by atoms with Crippen LogP contribution >= 0.6 is 0 Å². The molecule has 1 heteroatoms. The van der Waals surface area contributed by atoms with E-state index >= 15 is 0 Å². The van der Waals surface area contributed by atoms with Crippen molar-refractivity contribution in [1.82, 2.24) is 0 Å². The van der Waals surface area contributed by atoms with Crippen molar-refractivity contribution in [3.8, 4) is 0 Å². The maximum atomic E-state index is 5.13. The third-order valence-corrected chi connectivity index (χ3v) is 2.79. The Hall–Kier alpha value is -0.720. The van der Waals surface area contributed by atoms with Gasteiger partial charge in [0.2, 0.25) is 0 Å². The lowest BCUT2D eigenvalue weighted by atomic mass is 10.0. The van der Waals surface area contributed by atoms with E-state index in [0.717, 1.165) is 6.42 Å². The fourth-order valence-corrected chi connectivity index (χ4v) is 1.83. The molecule has 1 nitrogen and oxygen atoms in total. The van der Waals surface area contributed by atoms with Gasteiger partial charge in [0, 0.05) is 0 Å². The summed E-state index contributed by atoms with van der Waals surface area (Å²) < 4.78 is 5.13. The molecular formula is C15H28O.